The van der Waals surface area contributed by atoms with Crippen LogP contribution in [0.2, 0.25) is 0 Å². The molecule has 0 aromatic heterocycles. The molecular formula is C23H26FN3O6S. The average Bonchev–Trinajstić information content (AvgIpc) is 2.81. The van der Waals surface area contributed by atoms with E-state index in [2.05, 4.69) is 10.0 Å². The molecule has 34 heavy (non-hydrogen) atoms. The molecule has 1 fully saturated rings. The van der Waals surface area contributed by atoms with Crippen molar-refractivity contribution in [3.63, 3.8) is 0 Å². The van der Waals surface area contributed by atoms with Crippen LogP contribution in [-0.2, 0) is 19.6 Å². The Hall–Kier alpha value is -3.18. The topological polar surface area (TPSA) is 114 Å². The molecule has 2 aromatic carbocycles. The summed E-state index contributed by atoms with van der Waals surface area (Å²) in [5.41, 5.74) is 0.392. The van der Waals surface area contributed by atoms with Crippen LogP contribution in [-0.4, -0.2) is 64.1 Å². The van der Waals surface area contributed by atoms with Gasteiger partial charge in [-0.1, -0.05) is 0 Å². The number of hydrogen-bond donors (Lipinski definition) is 2. The van der Waals surface area contributed by atoms with Gasteiger partial charge in [-0.2, -0.15) is 0 Å². The second kappa shape index (κ2) is 9.59. The van der Waals surface area contributed by atoms with Gasteiger partial charge >= 0.3 is 0 Å². The molecule has 0 unspecified atom stereocenters. The molecule has 2 heterocycles. The van der Waals surface area contributed by atoms with E-state index in [4.69, 9.17) is 9.47 Å². The standard InChI is InChI=1S/C23H26FN3O6S/c1-25-22(28)12-16-6-9-19-21(33-16)13-32-20-10-5-15(11-18(20)23(29)27(19)2)26-34(30,31)17-7-3-14(24)4-8-17/h3-5,7-8,10-11,16,19,21,26H,6,9,12-13H2,1-2H3,(H,25,28)/t16-,19-,21+/m1/s1. The van der Waals surface area contributed by atoms with Crippen LogP contribution in [0.15, 0.2) is 47.4 Å². The second-order valence-electron chi connectivity index (χ2n) is 8.32. The van der Waals surface area contributed by atoms with Crippen molar-refractivity contribution in [2.75, 3.05) is 25.4 Å². The number of nitrogens with one attached hydrogen (secondary N) is 2. The smallest absolute Gasteiger partial charge is 0.261 e. The van der Waals surface area contributed by atoms with Crippen LogP contribution in [0.5, 0.6) is 5.75 Å². The molecule has 2 amide bonds. The fraction of sp³-hybridized carbons (Fsp3) is 0.391. The molecule has 11 heteroatoms. The molecule has 9 nitrogen and oxygen atoms in total. The molecule has 2 N–H and O–H groups in total. The maximum absolute atomic E-state index is 13.3. The molecule has 0 radical (unpaired) electrons. The number of rotatable bonds is 5. The summed E-state index contributed by atoms with van der Waals surface area (Å²) in [7, 11) is -0.729. The van der Waals surface area contributed by atoms with Crippen LogP contribution < -0.4 is 14.8 Å². The third kappa shape index (κ3) is 5.00. The fourth-order valence-electron chi connectivity index (χ4n) is 4.23. The van der Waals surface area contributed by atoms with Crippen LogP contribution >= 0.6 is 0 Å². The quantitative estimate of drug-likeness (QED) is 0.663. The lowest BCUT2D eigenvalue weighted by Crippen LogP contribution is -2.53. The number of halogens is 1. The van der Waals surface area contributed by atoms with Crippen LogP contribution in [0, 0.1) is 5.82 Å². The van der Waals surface area contributed by atoms with Gasteiger partial charge in [0.05, 0.1) is 29.0 Å². The summed E-state index contributed by atoms with van der Waals surface area (Å²) < 4.78 is 52.9. The summed E-state index contributed by atoms with van der Waals surface area (Å²) in [5.74, 6) is -0.686. The number of anilines is 1. The second-order valence-corrected chi connectivity index (χ2v) is 10.00. The largest absolute Gasteiger partial charge is 0.490 e. The van der Waals surface area contributed by atoms with E-state index in [0.717, 1.165) is 24.3 Å². The van der Waals surface area contributed by atoms with Gasteiger partial charge in [0, 0.05) is 19.8 Å². The number of carbonyl (C=O) groups excluding carboxylic acids is 2. The van der Waals surface area contributed by atoms with Crippen LogP contribution in [0.1, 0.15) is 29.6 Å². The highest BCUT2D eigenvalue weighted by Gasteiger charge is 2.39. The lowest BCUT2D eigenvalue weighted by molar-refractivity contribution is -0.133. The molecular weight excluding hydrogens is 465 g/mol. The molecule has 3 atom stereocenters. The highest BCUT2D eigenvalue weighted by Crippen LogP contribution is 2.33. The minimum absolute atomic E-state index is 0.103. The zero-order chi connectivity index (χ0) is 24.5. The van der Waals surface area contributed by atoms with Crippen molar-refractivity contribution in [2.45, 2.75) is 42.4 Å². The Kier molecular flexibility index (Phi) is 6.76. The molecule has 2 aliphatic heterocycles. The van der Waals surface area contributed by atoms with E-state index in [0.29, 0.717) is 18.6 Å². The monoisotopic (exact) mass is 491 g/mol. The van der Waals surface area contributed by atoms with Crippen LogP contribution in [0.4, 0.5) is 10.1 Å². The summed E-state index contributed by atoms with van der Waals surface area (Å²) in [4.78, 5) is 26.5. The molecule has 2 aromatic rings. The van der Waals surface area contributed by atoms with E-state index in [-0.39, 0.29) is 53.1 Å². The Balaban J connectivity index is 1.55. The zero-order valence-corrected chi connectivity index (χ0v) is 19.6. The molecule has 2 aliphatic rings. The lowest BCUT2D eigenvalue weighted by Gasteiger charge is -2.42. The fourth-order valence-corrected chi connectivity index (χ4v) is 5.28. The zero-order valence-electron chi connectivity index (χ0n) is 18.8. The first-order valence-corrected chi connectivity index (χ1v) is 12.3. The van der Waals surface area contributed by atoms with Crippen molar-refractivity contribution < 1.29 is 31.9 Å². The summed E-state index contributed by atoms with van der Waals surface area (Å²) in [6, 6.07) is 8.63. The average molecular weight is 492 g/mol. The van der Waals surface area contributed by atoms with Crippen molar-refractivity contribution in [2.24, 2.45) is 0 Å². The number of likely N-dealkylation sites (N-methyl/N-ethyl adjacent to an activating group) is 1. The van der Waals surface area contributed by atoms with Gasteiger partial charge in [-0.3, -0.25) is 14.3 Å². The molecule has 0 aliphatic carbocycles. The normalized spacial score (nSPS) is 22.5. The van der Waals surface area contributed by atoms with E-state index in [1.54, 1.807) is 19.0 Å². The summed E-state index contributed by atoms with van der Waals surface area (Å²) in [6.07, 6.45) is 0.851. The maximum atomic E-state index is 13.3. The van der Waals surface area contributed by atoms with Crippen molar-refractivity contribution in [3.8, 4) is 5.75 Å². The minimum atomic E-state index is -3.98. The van der Waals surface area contributed by atoms with Gasteiger partial charge in [0.2, 0.25) is 5.91 Å². The van der Waals surface area contributed by atoms with Crippen molar-refractivity contribution in [1.29, 1.82) is 0 Å². The molecule has 1 saturated heterocycles. The molecule has 0 bridgehead atoms. The summed E-state index contributed by atoms with van der Waals surface area (Å²) in [6.45, 7) is 0.181. The summed E-state index contributed by atoms with van der Waals surface area (Å²) >= 11 is 0. The van der Waals surface area contributed by atoms with Crippen molar-refractivity contribution in [3.05, 3.63) is 53.8 Å². The van der Waals surface area contributed by atoms with Crippen molar-refractivity contribution in [1.82, 2.24) is 10.2 Å². The predicted molar refractivity (Wildman–Crippen MR) is 122 cm³/mol. The van der Waals surface area contributed by atoms with E-state index < -0.39 is 21.9 Å². The Labute approximate surface area is 197 Å². The van der Waals surface area contributed by atoms with Crippen LogP contribution in [0.3, 0.4) is 0 Å². The molecule has 182 valence electrons. The lowest BCUT2D eigenvalue weighted by atomic mass is 9.94. The molecule has 0 saturated carbocycles. The van der Waals surface area contributed by atoms with Gasteiger partial charge in [0.15, 0.2) is 0 Å². The Morgan fingerprint density at radius 3 is 2.62 bits per heavy atom. The first-order valence-electron chi connectivity index (χ1n) is 10.9. The van der Waals surface area contributed by atoms with Crippen LogP contribution in [0.25, 0.3) is 0 Å². The van der Waals surface area contributed by atoms with Gasteiger partial charge in [-0.25, -0.2) is 12.8 Å². The highest BCUT2D eigenvalue weighted by atomic mass is 32.2. The predicted octanol–water partition coefficient (Wildman–Crippen LogP) is 2.14. The number of carbonyl (C=O) groups is 2. The molecule has 0 spiro atoms. The van der Waals surface area contributed by atoms with E-state index >= 15 is 0 Å². The van der Waals surface area contributed by atoms with Gasteiger partial charge in [-0.15, -0.1) is 0 Å². The Morgan fingerprint density at radius 1 is 1.18 bits per heavy atom. The Morgan fingerprint density at radius 2 is 1.91 bits per heavy atom. The number of amides is 2. The third-order valence-corrected chi connectivity index (χ3v) is 7.48. The van der Waals surface area contributed by atoms with Gasteiger partial charge in [-0.05, 0) is 55.3 Å². The number of fused-ring (bicyclic) bond motifs is 2. The third-order valence-electron chi connectivity index (χ3n) is 6.08. The number of benzene rings is 2. The number of sulfonamides is 1. The maximum Gasteiger partial charge on any atom is 0.261 e. The minimum Gasteiger partial charge on any atom is -0.490 e. The number of hydrogen-bond acceptors (Lipinski definition) is 6. The van der Waals surface area contributed by atoms with E-state index in [9.17, 15) is 22.4 Å². The van der Waals surface area contributed by atoms with Crippen molar-refractivity contribution >= 4 is 27.5 Å². The van der Waals surface area contributed by atoms with E-state index in [1.807, 2.05) is 0 Å². The van der Waals surface area contributed by atoms with Gasteiger partial charge in [0.1, 0.15) is 24.3 Å². The number of ether oxygens (including phenoxy) is 2. The van der Waals surface area contributed by atoms with Gasteiger partial charge < -0.3 is 19.7 Å². The first kappa shape index (κ1) is 24.0. The number of nitrogens with zero attached hydrogens (tertiary/aromatic N) is 1. The van der Waals surface area contributed by atoms with Gasteiger partial charge in [0.25, 0.3) is 15.9 Å². The van der Waals surface area contributed by atoms with E-state index in [1.165, 1.54) is 18.2 Å². The molecule has 4 rings (SSSR count). The summed E-state index contributed by atoms with van der Waals surface area (Å²) in [5, 5.41) is 2.59. The SMILES string of the molecule is CNC(=O)C[C@H]1CC[C@@H]2[C@H](COc3ccc(NS(=O)(=O)c4ccc(F)cc4)cc3C(=O)N2C)O1. The highest BCUT2D eigenvalue weighted by molar-refractivity contribution is 7.92. The Bertz CT molecular complexity index is 1190. The first-order chi connectivity index (χ1) is 16.2.